The lowest BCUT2D eigenvalue weighted by Crippen LogP contribution is -2.36. The van der Waals surface area contributed by atoms with Crippen LogP contribution in [0.3, 0.4) is 0 Å². The van der Waals surface area contributed by atoms with E-state index in [1.54, 1.807) is 6.20 Å². The van der Waals surface area contributed by atoms with E-state index >= 15 is 0 Å². The Balaban J connectivity index is 1.43. The molecule has 31 heavy (non-hydrogen) atoms. The highest BCUT2D eigenvalue weighted by atomic mass is 16.5. The summed E-state index contributed by atoms with van der Waals surface area (Å²) in [5.74, 6) is 1.09. The molecule has 4 rings (SSSR count). The third kappa shape index (κ3) is 6.10. The molecule has 1 saturated carbocycles. The number of pyridine rings is 1. The number of hydrogen-bond acceptors (Lipinski definition) is 6. The van der Waals surface area contributed by atoms with E-state index in [2.05, 4.69) is 44.8 Å². The predicted octanol–water partition coefficient (Wildman–Crippen LogP) is 3.68. The van der Waals surface area contributed by atoms with Gasteiger partial charge in [0.1, 0.15) is 5.82 Å². The van der Waals surface area contributed by atoms with Gasteiger partial charge < -0.3 is 26.0 Å². The van der Waals surface area contributed by atoms with Crippen molar-refractivity contribution in [1.82, 2.24) is 4.98 Å². The highest BCUT2D eigenvalue weighted by Gasteiger charge is 2.15. The molecule has 0 radical (unpaired) electrons. The number of benzene rings is 1. The summed E-state index contributed by atoms with van der Waals surface area (Å²) >= 11 is 0. The number of hydrogen-bond donors (Lipinski definition) is 3. The van der Waals surface area contributed by atoms with Crippen LogP contribution in [0.15, 0.2) is 36.5 Å². The Morgan fingerprint density at radius 3 is 2.58 bits per heavy atom. The number of amides is 1. The van der Waals surface area contributed by atoms with Gasteiger partial charge in [-0.25, -0.2) is 4.98 Å². The van der Waals surface area contributed by atoms with Crippen LogP contribution in [0, 0.1) is 5.92 Å². The number of aromatic nitrogens is 1. The van der Waals surface area contributed by atoms with Gasteiger partial charge in [0.15, 0.2) is 0 Å². The molecular weight excluding hydrogens is 390 g/mol. The van der Waals surface area contributed by atoms with Gasteiger partial charge in [-0.05, 0) is 43.0 Å². The summed E-state index contributed by atoms with van der Waals surface area (Å²) in [5, 5.41) is 6.94. The van der Waals surface area contributed by atoms with Crippen LogP contribution in [0.1, 0.15) is 37.7 Å². The zero-order valence-corrected chi connectivity index (χ0v) is 18.1. The van der Waals surface area contributed by atoms with Crippen LogP contribution < -0.4 is 21.3 Å². The number of morpholine rings is 1. The van der Waals surface area contributed by atoms with Gasteiger partial charge in [0, 0.05) is 54.5 Å². The number of nitrogens with zero attached hydrogens (tertiary/aromatic N) is 2. The quantitative estimate of drug-likeness (QED) is 0.600. The van der Waals surface area contributed by atoms with Crippen LogP contribution in [0.4, 0.5) is 22.9 Å². The van der Waals surface area contributed by atoms with E-state index < -0.39 is 0 Å². The third-order valence-electron chi connectivity index (χ3n) is 6.17. The van der Waals surface area contributed by atoms with Crippen LogP contribution in [-0.4, -0.2) is 43.7 Å². The number of carbonyl (C=O) groups excluding carboxylic acids is 1. The smallest absolute Gasteiger partial charge is 0.221 e. The van der Waals surface area contributed by atoms with Crippen molar-refractivity contribution in [2.24, 2.45) is 11.7 Å². The topological polar surface area (TPSA) is 92.5 Å². The normalized spacial score (nSPS) is 17.4. The van der Waals surface area contributed by atoms with Crippen LogP contribution in [0.5, 0.6) is 0 Å². The Labute approximate surface area is 184 Å². The van der Waals surface area contributed by atoms with Gasteiger partial charge in [-0.1, -0.05) is 19.3 Å². The lowest BCUT2D eigenvalue weighted by molar-refractivity contribution is -0.117. The molecule has 0 atom stereocenters. The number of primary amides is 1. The van der Waals surface area contributed by atoms with Crippen molar-refractivity contribution < 1.29 is 9.53 Å². The Morgan fingerprint density at radius 1 is 1.13 bits per heavy atom. The summed E-state index contributed by atoms with van der Waals surface area (Å²) in [6, 6.07) is 10.4. The molecule has 2 aromatic rings. The maximum absolute atomic E-state index is 11.5. The molecule has 0 spiro atoms. The molecule has 2 heterocycles. The largest absolute Gasteiger partial charge is 0.384 e. The molecule has 7 heteroatoms. The molecule has 1 amide bonds. The van der Waals surface area contributed by atoms with Gasteiger partial charge in [0.25, 0.3) is 0 Å². The van der Waals surface area contributed by atoms with Gasteiger partial charge in [0.2, 0.25) is 5.91 Å². The molecule has 1 saturated heterocycles. The fourth-order valence-corrected chi connectivity index (χ4v) is 4.42. The number of nitrogens with one attached hydrogen (secondary N) is 2. The summed E-state index contributed by atoms with van der Waals surface area (Å²) in [6.45, 7) is 4.32. The maximum Gasteiger partial charge on any atom is 0.221 e. The second-order valence-electron chi connectivity index (χ2n) is 8.53. The highest BCUT2D eigenvalue weighted by molar-refractivity contribution is 5.79. The lowest BCUT2D eigenvalue weighted by atomic mass is 9.89. The molecule has 0 bridgehead atoms. The fraction of sp³-hybridized carbons (Fsp3) is 0.500. The molecule has 4 N–H and O–H groups in total. The minimum Gasteiger partial charge on any atom is -0.384 e. The molecular formula is C24H33N5O2. The Morgan fingerprint density at radius 2 is 1.87 bits per heavy atom. The minimum absolute atomic E-state index is 0.189. The van der Waals surface area contributed by atoms with Crippen molar-refractivity contribution in [3.63, 3.8) is 0 Å². The van der Waals surface area contributed by atoms with Crippen LogP contribution in [0.2, 0.25) is 0 Å². The summed E-state index contributed by atoms with van der Waals surface area (Å²) in [5.41, 5.74) is 9.41. The maximum atomic E-state index is 11.5. The molecule has 1 aliphatic heterocycles. The van der Waals surface area contributed by atoms with E-state index in [0.29, 0.717) is 5.92 Å². The lowest BCUT2D eigenvalue weighted by Gasteiger charge is -2.28. The van der Waals surface area contributed by atoms with E-state index in [1.165, 1.54) is 37.8 Å². The number of ether oxygens (including phenoxy) is 1. The summed E-state index contributed by atoms with van der Waals surface area (Å²) in [6.07, 6.45) is 8.44. The van der Waals surface area contributed by atoms with Crippen LogP contribution in [-0.2, 0) is 16.0 Å². The van der Waals surface area contributed by atoms with Gasteiger partial charge >= 0.3 is 0 Å². The predicted molar refractivity (Wildman–Crippen MR) is 125 cm³/mol. The first-order valence-corrected chi connectivity index (χ1v) is 11.4. The van der Waals surface area contributed by atoms with Gasteiger partial charge in [0.05, 0.1) is 19.6 Å². The van der Waals surface area contributed by atoms with Gasteiger partial charge in [-0.2, -0.15) is 0 Å². The van der Waals surface area contributed by atoms with Crippen molar-refractivity contribution in [3.8, 4) is 0 Å². The molecule has 166 valence electrons. The molecule has 1 aromatic carbocycles. The molecule has 0 unspecified atom stereocenters. The average Bonchev–Trinajstić information content (AvgIpc) is 2.80. The first-order chi connectivity index (χ1) is 15.2. The third-order valence-corrected chi connectivity index (χ3v) is 6.17. The van der Waals surface area contributed by atoms with Gasteiger partial charge in [-0.3, -0.25) is 4.79 Å². The van der Waals surface area contributed by atoms with Gasteiger partial charge in [-0.15, -0.1) is 0 Å². The number of anilines is 4. The highest BCUT2D eigenvalue weighted by Crippen LogP contribution is 2.27. The van der Waals surface area contributed by atoms with E-state index in [4.69, 9.17) is 10.5 Å². The Kier molecular flexibility index (Phi) is 7.25. The molecule has 1 aromatic heterocycles. The second-order valence-corrected chi connectivity index (χ2v) is 8.53. The standard InChI is InChI=1S/C24H33N5O2/c25-23(30)14-19-17-27-24(15-22(19)26-16-18-4-2-1-3-5-18)28-20-6-8-21(9-7-20)29-10-12-31-13-11-29/h6-9,15,17-18H,1-5,10-14,16H2,(H2,25,30)(H2,26,27,28). The van der Waals surface area contributed by atoms with Crippen molar-refractivity contribution in [2.45, 2.75) is 38.5 Å². The SMILES string of the molecule is NC(=O)Cc1cnc(Nc2ccc(N3CCOCC3)cc2)cc1NCC1CCCCC1. The van der Waals surface area contributed by atoms with E-state index in [9.17, 15) is 4.79 Å². The summed E-state index contributed by atoms with van der Waals surface area (Å²) in [7, 11) is 0. The Bertz CT molecular complexity index is 859. The summed E-state index contributed by atoms with van der Waals surface area (Å²) < 4.78 is 5.43. The minimum atomic E-state index is -0.345. The first kappa shape index (κ1) is 21.4. The number of nitrogens with two attached hydrogens (primary N) is 1. The van der Waals surface area contributed by atoms with Crippen LogP contribution >= 0.6 is 0 Å². The van der Waals surface area contributed by atoms with Crippen molar-refractivity contribution in [1.29, 1.82) is 0 Å². The van der Waals surface area contributed by atoms with Crippen molar-refractivity contribution in [3.05, 3.63) is 42.1 Å². The molecule has 7 nitrogen and oxygen atoms in total. The van der Waals surface area contributed by atoms with Crippen molar-refractivity contribution in [2.75, 3.05) is 48.4 Å². The second kappa shape index (κ2) is 10.5. The number of rotatable bonds is 8. The Hall–Kier alpha value is -2.80. The van der Waals surface area contributed by atoms with E-state index in [-0.39, 0.29) is 12.3 Å². The average molecular weight is 424 g/mol. The fourth-order valence-electron chi connectivity index (χ4n) is 4.42. The first-order valence-electron chi connectivity index (χ1n) is 11.4. The molecule has 2 aliphatic rings. The zero-order valence-electron chi connectivity index (χ0n) is 18.1. The van der Waals surface area contributed by atoms with E-state index in [0.717, 1.165) is 55.6 Å². The monoisotopic (exact) mass is 423 g/mol. The summed E-state index contributed by atoms with van der Waals surface area (Å²) in [4.78, 5) is 18.3. The van der Waals surface area contributed by atoms with Crippen molar-refractivity contribution >= 4 is 28.8 Å². The zero-order chi connectivity index (χ0) is 21.5. The molecule has 1 aliphatic carbocycles. The van der Waals surface area contributed by atoms with Crippen LogP contribution in [0.25, 0.3) is 0 Å². The number of carbonyl (C=O) groups is 1. The van der Waals surface area contributed by atoms with E-state index in [1.807, 2.05) is 6.07 Å². The molecule has 2 fully saturated rings.